The summed E-state index contributed by atoms with van der Waals surface area (Å²) in [6, 6.07) is 7.84. The molecular weight excluding hydrogens is 240 g/mol. The number of aromatic amines is 1. The van der Waals surface area contributed by atoms with Crippen molar-refractivity contribution < 1.29 is 9.53 Å². The van der Waals surface area contributed by atoms with E-state index in [9.17, 15) is 4.79 Å². The van der Waals surface area contributed by atoms with Crippen molar-refractivity contribution in [2.24, 2.45) is 5.92 Å². The summed E-state index contributed by atoms with van der Waals surface area (Å²) in [5.74, 6) is 0.597. The van der Waals surface area contributed by atoms with E-state index in [1.165, 1.54) is 0 Å². The molecule has 1 amide bonds. The van der Waals surface area contributed by atoms with Gasteiger partial charge in [0.2, 0.25) is 0 Å². The fourth-order valence-corrected chi connectivity index (χ4v) is 2.56. The molecule has 4 nitrogen and oxygen atoms in total. The molecule has 4 heteroatoms. The molecule has 100 valence electrons. The SMILES string of the molecule is O=C(NCCC1CCOC1)c1c[nH]c2ccccc12. The molecular formula is C15H18N2O2. The Labute approximate surface area is 112 Å². The number of benzene rings is 1. The number of carbonyl (C=O) groups excluding carboxylic acids is 1. The second-order valence-electron chi connectivity index (χ2n) is 5.02. The average molecular weight is 258 g/mol. The van der Waals surface area contributed by atoms with Crippen molar-refractivity contribution in [3.63, 3.8) is 0 Å². The maximum Gasteiger partial charge on any atom is 0.253 e. The summed E-state index contributed by atoms with van der Waals surface area (Å²) in [7, 11) is 0. The largest absolute Gasteiger partial charge is 0.381 e. The van der Waals surface area contributed by atoms with Crippen LogP contribution in [0, 0.1) is 5.92 Å². The number of ether oxygens (including phenoxy) is 1. The summed E-state index contributed by atoms with van der Waals surface area (Å²) in [4.78, 5) is 15.3. The van der Waals surface area contributed by atoms with Gasteiger partial charge in [-0.25, -0.2) is 0 Å². The van der Waals surface area contributed by atoms with Crippen molar-refractivity contribution in [1.82, 2.24) is 10.3 Å². The fraction of sp³-hybridized carbons (Fsp3) is 0.400. The predicted molar refractivity (Wildman–Crippen MR) is 74.2 cm³/mol. The molecule has 19 heavy (non-hydrogen) atoms. The number of nitrogens with one attached hydrogen (secondary N) is 2. The van der Waals surface area contributed by atoms with Gasteiger partial charge in [-0.3, -0.25) is 4.79 Å². The first-order chi connectivity index (χ1) is 9.34. The van der Waals surface area contributed by atoms with Crippen LogP contribution in [0.15, 0.2) is 30.5 Å². The van der Waals surface area contributed by atoms with Gasteiger partial charge in [-0.1, -0.05) is 18.2 Å². The maximum absolute atomic E-state index is 12.1. The number of hydrogen-bond acceptors (Lipinski definition) is 2. The molecule has 3 rings (SSSR count). The predicted octanol–water partition coefficient (Wildman–Crippen LogP) is 2.32. The van der Waals surface area contributed by atoms with Gasteiger partial charge in [0.05, 0.1) is 5.56 Å². The molecule has 0 bridgehead atoms. The Morgan fingerprint density at radius 1 is 1.42 bits per heavy atom. The number of hydrogen-bond donors (Lipinski definition) is 2. The van der Waals surface area contributed by atoms with E-state index in [-0.39, 0.29) is 5.91 Å². The molecule has 2 N–H and O–H groups in total. The number of fused-ring (bicyclic) bond motifs is 1. The summed E-state index contributed by atoms with van der Waals surface area (Å²) in [6.07, 6.45) is 3.88. The number of rotatable bonds is 4. The second kappa shape index (κ2) is 5.45. The summed E-state index contributed by atoms with van der Waals surface area (Å²) >= 11 is 0. The van der Waals surface area contributed by atoms with E-state index in [4.69, 9.17) is 4.74 Å². The minimum absolute atomic E-state index is 0.00337. The number of aromatic nitrogens is 1. The minimum atomic E-state index is -0.00337. The van der Waals surface area contributed by atoms with Gasteiger partial charge in [0.1, 0.15) is 0 Å². The van der Waals surface area contributed by atoms with Crippen molar-refractivity contribution in [2.45, 2.75) is 12.8 Å². The molecule has 0 saturated carbocycles. The zero-order valence-electron chi connectivity index (χ0n) is 10.8. The van der Waals surface area contributed by atoms with Gasteiger partial charge in [0.25, 0.3) is 5.91 Å². The smallest absolute Gasteiger partial charge is 0.253 e. The molecule has 1 saturated heterocycles. The van der Waals surface area contributed by atoms with Crippen LogP contribution < -0.4 is 5.32 Å². The van der Waals surface area contributed by atoms with Crippen LogP contribution in [-0.4, -0.2) is 30.6 Å². The van der Waals surface area contributed by atoms with E-state index in [0.29, 0.717) is 12.5 Å². The van der Waals surface area contributed by atoms with E-state index in [0.717, 1.165) is 42.5 Å². The Morgan fingerprint density at radius 2 is 2.32 bits per heavy atom. The van der Waals surface area contributed by atoms with Crippen molar-refractivity contribution >= 4 is 16.8 Å². The Hall–Kier alpha value is -1.81. The molecule has 0 aliphatic carbocycles. The normalized spacial score (nSPS) is 18.8. The Kier molecular flexibility index (Phi) is 3.51. The summed E-state index contributed by atoms with van der Waals surface area (Å²) in [5.41, 5.74) is 1.72. The van der Waals surface area contributed by atoms with Crippen LogP contribution in [0.5, 0.6) is 0 Å². The lowest BCUT2D eigenvalue weighted by molar-refractivity contribution is 0.0952. The number of para-hydroxylation sites is 1. The standard InChI is InChI=1S/C15H18N2O2/c18-15(16-7-5-11-6-8-19-10-11)13-9-17-14-4-2-1-3-12(13)14/h1-4,9,11,17H,5-8,10H2,(H,16,18). The molecule has 1 fully saturated rings. The topological polar surface area (TPSA) is 54.1 Å². The highest BCUT2D eigenvalue weighted by atomic mass is 16.5. The molecule has 0 radical (unpaired) electrons. The quantitative estimate of drug-likeness (QED) is 0.884. The molecule has 1 unspecified atom stereocenters. The third-order valence-corrected chi connectivity index (χ3v) is 3.70. The van der Waals surface area contributed by atoms with Crippen LogP contribution in [0.2, 0.25) is 0 Å². The van der Waals surface area contributed by atoms with Crippen molar-refractivity contribution in [1.29, 1.82) is 0 Å². The Bertz CT molecular complexity index is 570. The van der Waals surface area contributed by atoms with Crippen LogP contribution in [0.1, 0.15) is 23.2 Å². The van der Waals surface area contributed by atoms with Crippen molar-refractivity contribution in [3.05, 3.63) is 36.0 Å². The van der Waals surface area contributed by atoms with Gasteiger partial charge in [-0.15, -0.1) is 0 Å². The summed E-state index contributed by atoms with van der Waals surface area (Å²) < 4.78 is 5.33. The average Bonchev–Trinajstić information content (AvgIpc) is 3.07. The highest BCUT2D eigenvalue weighted by Gasteiger charge is 2.16. The molecule has 0 spiro atoms. The second-order valence-corrected chi connectivity index (χ2v) is 5.02. The number of amides is 1. The van der Waals surface area contributed by atoms with E-state index in [2.05, 4.69) is 10.3 Å². The fourth-order valence-electron chi connectivity index (χ4n) is 2.56. The lowest BCUT2D eigenvalue weighted by Gasteiger charge is -2.08. The van der Waals surface area contributed by atoms with Gasteiger partial charge in [-0.05, 0) is 24.8 Å². The van der Waals surface area contributed by atoms with Gasteiger partial charge >= 0.3 is 0 Å². The number of H-pyrrole nitrogens is 1. The first-order valence-electron chi connectivity index (χ1n) is 6.76. The highest BCUT2D eigenvalue weighted by Crippen LogP contribution is 2.18. The van der Waals surface area contributed by atoms with Crippen molar-refractivity contribution in [2.75, 3.05) is 19.8 Å². The van der Waals surface area contributed by atoms with E-state index in [1.807, 2.05) is 24.3 Å². The van der Waals surface area contributed by atoms with Crippen LogP contribution in [0.4, 0.5) is 0 Å². The first kappa shape index (κ1) is 12.2. The summed E-state index contributed by atoms with van der Waals surface area (Å²) in [6.45, 7) is 2.41. The van der Waals surface area contributed by atoms with Crippen LogP contribution in [0.3, 0.4) is 0 Å². The van der Waals surface area contributed by atoms with Crippen LogP contribution in [-0.2, 0) is 4.74 Å². The van der Waals surface area contributed by atoms with E-state index >= 15 is 0 Å². The molecule has 1 aromatic carbocycles. The molecule has 2 heterocycles. The summed E-state index contributed by atoms with van der Waals surface area (Å²) in [5, 5.41) is 3.97. The maximum atomic E-state index is 12.1. The van der Waals surface area contributed by atoms with Crippen LogP contribution in [0.25, 0.3) is 10.9 Å². The lowest BCUT2D eigenvalue weighted by atomic mass is 10.1. The Balaban J connectivity index is 1.60. The van der Waals surface area contributed by atoms with Gasteiger partial charge in [-0.2, -0.15) is 0 Å². The highest BCUT2D eigenvalue weighted by molar-refractivity contribution is 6.06. The molecule has 1 aromatic heterocycles. The van der Waals surface area contributed by atoms with E-state index in [1.54, 1.807) is 6.20 Å². The third kappa shape index (κ3) is 2.63. The number of carbonyl (C=O) groups is 1. The van der Waals surface area contributed by atoms with Gasteiger partial charge in [0.15, 0.2) is 0 Å². The van der Waals surface area contributed by atoms with Crippen LogP contribution >= 0.6 is 0 Å². The Morgan fingerprint density at radius 3 is 3.16 bits per heavy atom. The van der Waals surface area contributed by atoms with Gasteiger partial charge < -0.3 is 15.0 Å². The van der Waals surface area contributed by atoms with Gasteiger partial charge in [0, 0.05) is 36.9 Å². The lowest BCUT2D eigenvalue weighted by Crippen LogP contribution is -2.25. The van der Waals surface area contributed by atoms with E-state index < -0.39 is 0 Å². The molecule has 1 aliphatic rings. The first-order valence-corrected chi connectivity index (χ1v) is 6.76. The third-order valence-electron chi connectivity index (χ3n) is 3.70. The van der Waals surface area contributed by atoms with Crippen molar-refractivity contribution in [3.8, 4) is 0 Å². The minimum Gasteiger partial charge on any atom is -0.381 e. The molecule has 2 aromatic rings. The zero-order chi connectivity index (χ0) is 13.1. The zero-order valence-corrected chi connectivity index (χ0v) is 10.8. The molecule has 1 atom stereocenters. The molecule has 1 aliphatic heterocycles. The monoisotopic (exact) mass is 258 g/mol.